The maximum Gasteiger partial charge on any atom is 0.273 e. The maximum absolute atomic E-state index is 14.6. The van der Waals surface area contributed by atoms with Crippen LogP contribution in [0.15, 0.2) is 47.3 Å². The van der Waals surface area contributed by atoms with Crippen molar-refractivity contribution in [2.24, 2.45) is 0 Å². The third kappa shape index (κ3) is 4.94. The number of nitrogens with one attached hydrogen (secondary N) is 1. The topological polar surface area (TPSA) is 84.1 Å². The van der Waals surface area contributed by atoms with Crippen molar-refractivity contribution in [2.45, 2.75) is 0 Å². The van der Waals surface area contributed by atoms with Gasteiger partial charge in [0, 0.05) is 24.7 Å². The summed E-state index contributed by atoms with van der Waals surface area (Å²) in [4.78, 5) is 25.8. The summed E-state index contributed by atoms with van der Waals surface area (Å²) in [6, 6.07) is 11.2. The molecule has 0 radical (unpaired) electrons. The molecule has 1 N–H and O–H groups in total. The Labute approximate surface area is 190 Å². The lowest BCUT2D eigenvalue weighted by Crippen LogP contribution is -2.35. The van der Waals surface area contributed by atoms with Gasteiger partial charge in [-0.15, -0.1) is 11.3 Å². The zero-order valence-corrected chi connectivity index (χ0v) is 18.3. The van der Waals surface area contributed by atoms with Gasteiger partial charge in [0.1, 0.15) is 22.4 Å². The molecule has 32 heavy (non-hydrogen) atoms. The van der Waals surface area contributed by atoms with Gasteiger partial charge in [-0.3, -0.25) is 14.2 Å². The number of benzene rings is 2. The second-order valence-corrected chi connectivity index (χ2v) is 7.85. The molecule has 3 rings (SSSR count). The van der Waals surface area contributed by atoms with Crippen LogP contribution in [-0.2, 0) is 9.53 Å². The Morgan fingerprint density at radius 1 is 1.31 bits per heavy atom. The Morgan fingerprint density at radius 3 is 2.72 bits per heavy atom. The second-order valence-electron chi connectivity index (χ2n) is 6.41. The Morgan fingerprint density at radius 2 is 2.06 bits per heavy atom. The van der Waals surface area contributed by atoms with Crippen LogP contribution in [0.5, 0.6) is 0 Å². The van der Waals surface area contributed by atoms with Crippen LogP contribution in [0.1, 0.15) is 5.56 Å². The molecule has 0 atom stereocenters. The Bertz CT molecular complexity index is 1390. The van der Waals surface area contributed by atoms with Crippen molar-refractivity contribution >= 4 is 40.5 Å². The number of hydrogen-bond acceptors (Lipinski definition) is 5. The molecule has 164 valence electrons. The Hall–Kier alpha value is -3.32. The van der Waals surface area contributed by atoms with Crippen molar-refractivity contribution < 1.29 is 18.3 Å². The average molecular weight is 476 g/mol. The maximum atomic E-state index is 14.6. The lowest BCUT2D eigenvalue weighted by atomic mass is 10.2. The van der Waals surface area contributed by atoms with Crippen LogP contribution in [-0.4, -0.2) is 30.7 Å². The number of carbonyl (C=O) groups excluding carboxylic acids is 1. The number of nitriles is 1. The molecule has 0 aliphatic rings. The van der Waals surface area contributed by atoms with Gasteiger partial charge in [-0.05, 0) is 29.8 Å². The average Bonchev–Trinajstić information content (AvgIpc) is 3.06. The number of nitrogens with zero attached hydrogens (tertiary/aromatic N) is 2. The van der Waals surface area contributed by atoms with Crippen LogP contribution in [0.3, 0.4) is 0 Å². The van der Waals surface area contributed by atoms with E-state index in [1.165, 1.54) is 13.2 Å². The van der Waals surface area contributed by atoms with Crippen LogP contribution in [0.25, 0.3) is 17.3 Å². The predicted octanol–water partition coefficient (Wildman–Crippen LogP) is 2.10. The van der Waals surface area contributed by atoms with Gasteiger partial charge in [0.05, 0.1) is 16.8 Å². The normalized spacial score (nSPS) is 12.4. The standard InChI is InChI=1S/C22H16ClF2N3O3S/c1-31-9-8-27-20(29)15(12-26)22-28(18-7-6-14(24)11-17(18)25)21(30)19(32-22)10-13-4-2-3-5-16(13)23/h2-7,10-11H,8-9H2,1H3,(H,27,29)/b19-10-,22-15-. The SMILES string of the molecule is COCCNC(=O)/C(C#N)=c1\s/c(=C\c2ccccc2Cl)c(=O)n1-c1ccc(F)cc1F. The molecule has 0 aliphatic carbocycles. The fraction of sp³-hybridized carbons (Fsp3) is 0.136. The van der Waals surface area contributed by atoms with Crippen LogP contribution < -0.4 is 20.1 Å². The number of amides is 1. The van der Waals surface area contributed by atoms with E-state index in [-0.39, 0.29) is 28.0 Å². The fourth-order valence-corrected chi connectivity index (χ4v) is 4.09. The number of halogens is 3. The summed E-state index contributed by atoms with van der Waals surface area (Å²) in [6.45, 7) is 0.333. The Balaban J connectivity index is 2.35. The number of hydrogen-bond donors (Lipinski definition) is 1. The van der Waals surface area contributed by atoms with Gasteiger partial charge in [0.15, 0.2) is 5.57 Å². The highest BCUT2D eigenvalue weighted by atomic mass is 35.5. The van der Waals surface area contributed by atoms with E-state index in [2.05, 4.69) is 5.32 Å². The molecule has 1 aromatic heterocycles. The van der Waals surface area contributed by atoms with E-state index in [9.17, 15) is 23.6 Å². The molecule has 0 saturated heterocycles. The highest BCUT2D eigenvalue weighted by Gasteiger charge is 2.19. The molecular formula is C22H16ClF2N3O3S. The first-order valence-corrected chi connectivity index (χ1v) is 10.4. The Kier molecular flexibility index (Phi) is 7.53. The molecular weight excluding hydrogens is 460 g/mol. The minimum Gasteiger partial charge on any atom is -0.383 e. The summed E-state index contributed by atoms with van der Waals surface area (Å²) in [7, 11) is 1.45. The third-order valence-corrected chi connectivity index (χ3v) is 5.75. The molecule has 6 nitrogen and oxygen atoms in total. The minimum atomic E-state index is -1.02. The number of carbonyl (C=O) groups is 1. The smallest absolute Gasteiger partial charge is 0.273 e. The van der Waals surface area contributed by atoms with Gasteiger partial charge in [0.2, 0.25) is 0 Å². The molecule has 0 spiro atoms. The molecule has 2 aromatic carbocycles. The predicted molar refractivity (Wildman–Crippen MR) is 118 cm³/mol. The van der Waals surface area contributed by atoms with Crippen LogP contribution >= 0.6 is 22.9 Å². The van der Waals surface area contributed by atoms with E-state index in [4.69, 9.17) is 16.3 Å². The molecule has 0 aliphatic heterocycles. The van der Waals surface area contributed by atoms with E-state index >= 15 is 0 Å². The summed E-state index contributed by atoms with van der Waals surface area (Å²) in [5.74, 6) is -2.61. The highest BCUT2D eigenvalue weighted by molar-refractivity contribution is 7.07. The summed E-state index contributed by atoms with van der Waals surface area (Å²) >= 11 is 7.00. The van der Waals surface area contributed by atoms with E-state index in [0.717, 1.165) is 28.0 Å². The molecule has 0 saturated carbocycles. The van der Waals surface area contributed by atoms with Crippen molar-refractivity contribution in [3.05, 3.63) is 84.2 Å². The van der Waals surface area contributed by atoms with E-state index in [1.807, 2.05) is 0 Å². The largest absolute Gasteiger partial charge is 0.383 e. The summed E-state index contributed by atoms with van der Waals surface area (Å²) in [6.07, 6.45) is 1.48. The van der Waals surface area contributed by atoms with E-state index < -0.39 is 28.7 Å². The monoisotopic (exact) mass is 475 g/mol. The molecule has 10 heteroatoms. The van der Waals surface area contributed by atoms with Crippen LogP contribution in [0, 0.1) is 23.0 Å². The molecule has 0 bridgehead atoms. The van der Waals surface area contributed by atoms with Crippen molar-refractivity contribution in [1.29, 1.82) is 5.26 Å². The summed E-state index contributed by atoms with van der Waals surface area (Å²) in [5, 5.41) is 12.5. The van der Waals surface area contributed by atoms with Gasteiger partial charge in [0.25, 0.3) is 11.5 Å². The van der Waals surface area contributed by atoms with Crippen molar-refractivity contribution in [3.8, 4) is 11.8 Å². The van der Waals surface area contributed by atoms with Gasteiger partial charge >= 0.3 is 0 Å². The summed E-state index contributed by atoms with van der Waals surface area (Å²) < 4.78 is 33.8. The molecule has 0 unspecified atom stereocenters. The number of ether oxygens (including phenoxy) is 1. The van der Waals surface area contributed by atoms with Gasteiger partial charge in [-0.1, -0.05) is 29.8 Å². The van der Waals surface area contributed by atoms with E-state index in [1.54, 1.807) is 30.3 Å². The molecule has 1 heterocycles. The molecule has 3 aromatic rings. The number of methoxy groups -OCH3 is 1. The highest BCUT2D eigenvalue weighted by Crippen LogP contribution is 2.16. The van der Waals surface area contributed by atoms with Gasteiger partial charge in [-0.25, -0.2) is 8.78 Å². The zero-order valence-electron chi connectivity index (χ0n) is 16.7. The first-order valence-electron chi connectivity index (χ1n) is 9.22. The molecule has 1 amide bonds. The third-order valence-electron chi connectivity index (χ3n) is 4.31. The van der Waals surface area contributed by atoms with Crippen molar-refractivity contribution in [2.75, 3.05) is 20.3 Å². The summed E-state index contributed by atoms with van der Waals surface area (Å²) in [5.41, 5.74) is -0.855. The minimum absolute atomic E-state index is 0.101. The lowest BCUT2D eigenvalue weighted by molar-refractivity contribution is -0.115. The second kappa shape index (κ2) is 10.3. The molecule has 0 fully saturated rings. The lowest BCUT2D eigenvalue weighted by Gasteiger charge is -2.06. The fourth-order valence-electron chi connectivity index (χ4n) is 2.82. The van der Waals surface area contributed by atoms with Crippen LogP contribution in [0.2, 0.25) is 5.02 Å². The quantitative estimate of drug-likeness (QED) is 0.553. The first-order chi connectivity index (χ1) is 15.4. The number of aromatic nitrogens is 1. The van der Waals surface area contributed by atoms with E-state index in [0.29, 0.717) is 16.7 Å². The van der Waals surface area contributed by atoms with Crippen molar-refractivity contribution in [3.63, 3.8) is 0 Å². The van der Waals surface area contributed by atoms with Crippen molar-refractivity contribution in [1.82, 2.24) is 9.88 Å². The first kappa shape index (κ1) is 23.3. The van der Waals surface area contributed by atoms with Gasteiger partial charge in [-0.2, -0.15) is 5.26 Å². The zero-order chi connectivity index (χ0) is 23.3. The van der Waals surface area contributed by atoms with Crippen LogP contribution in [0.4, 0.5) is 8.78 Å². The van der Waals surface area contributed by atoms with Gasteiger partial charge < -0.3 is 10.1 Å². The number of thiazole rings is 1. The number of rotatable bonds is 6.